The minimum atomic E-state index is 1.09. The molecule has 0 amide bonds. The summed E-state index contributed by atoms with van der Waals surface area (Å²) in [6.07, 6.45) is 8.93. The highest BCUT2D eigenvalue weighted by Crippen LogP contribution is 2.17. The lowest BCUT2D eigenvalue weighted by Crippen LogP contribution is -1.89. The second-order valence-corrected chi connectivity index (χ2v) is 5.63. The summed E-state index contributed by atoms with van der Waals surface area (Å²) in [6.45, 7) is 10.6. The van der Waals surface area contributed by atoms with Gasteiger partial charge in [0.25, 0.3) is 0 Å². The van der Waals surface area contributed by atoms with Crippen LogP contribution in [0.1, 0.15) is 40.3 Å². The summed E-state index contributed by atoms with van der Waals surface area (Å²) in [7, 11) is 0. The van der Waals surface area contributed by atoms with E-state index in [1.165, 1.54) is 33.4 Å². The van der Waals surface area contributed by atoms with Crippen LogP contribution in [-0.2, 0) is 0 Å². The second kappa shape index (κ2) is 6.46. The molecule has 0 heteroatoms. The molecule has 0 saturated carbocycles. The standard InChI is InChI=1S/C21H22/c1-15(14-21-18(4)10-7-11-19(21)5)12-13-20-16(2)8-6-9-17(20)3/h6-12H,1-5H3/q+2. The predicted octanol–water partition coefficient (Wildman–Crippen LogP) is 5.43. The second-order valence-electron chi connectivity index (χ2n) is 5.63. The van der Waals surface area contributed by atoms with Crippen LogP contribution < -0.4 is 0 Å². The highest BCUT2D eigenvalue weighted by Gasteiger charge is 2.12. The van der Waals surface area contributed by atoms with Crippen molar-refractivity contribution < 1.29 is 0 Å². The average Bonchev–Trinajstić information content (AvgIpc) is 2.42. The number of hydrogen-bond acceptors (Lipinski definition) is 0. The molecule has 0 aromatic heterocycles. The first kappa shape index (κ1) is 15.1. The molecule has 0 fully saturated rings. The van der Waals surface area contributed by atoms with E-state index in [4.69, 9.17) is 0 Å². The summed E-state index contributed by atoms with van der Waals surface area (Å²) in [5.74, 6) is 0. The monoisotopic (exact) mass is 274 g/mol. The first-order valence-electron chi connectivity index (χ1n) is 7.32. The van der Waals surface area contributed by atoms with Crippen LogP contribution in [0.15, 0.2) is 48.0 Å². The van der Waals surface area contributed by atoms with Gasteiger partial charge in [0.1, 0.15) is 0 Å². The number of rotatable bonds is 3. The topological polar surface area (TPSA) is 0 Å². The molecule has 2 aromatic rings. The van der Waals surface area contributed by atoms with Crippen molar-refractivity contribution in [2.75, 3.05) is 0 Å². The minimum absolute atomic E-state index is 1.09. The third-order valence-electron chi connectivity index (χ3n) is 3.72. The van der Waals surface area contributed by atoms with Crippen LogP contribution in [0.3, 0.4) is 0 Å². The molecule has 0 bridgehead atoms. The Kier molecular flexibility index (Phi) is 4.66. The molecular weight excluding hydrogens is 252 g/mol. The van der Waals surface area contributed by atoms with E-state index in [9.17, 15) is 0 Å². The van der Waals surface area contributed by atoms with Crippen molar-refractivity contribution in [3.63, 3.8) is 0 Å². The lowest BCUT2D eigenvalue weighted by atomic mass is 9.99. The van der Waals surface area contributed by atoms with Crippen LogP contribution in [0.4, 0.5) is 0 Å². The molecule has 0 aliphatic heterocycles. The highest BCUT2D eigenvalue weighted by atomic mass is 14.0. The molecular formula is C21H22+2. The zero-order chi connectivity index (χ0) is 15.4. The molecule has 0 nitrogen and oxygen atoms in total. The lowest BCUT2D eigenvalue weighted by Gasteiger charge is -1.95. The van der Waals surface area contributed by atoms with Gasteiger partial charge in [-0.05, 0) is 64.1 Å². The average molecular weight is 274 g/mol. The Balaban J connectivity index is 2.31. The van der Waals surface area contributed by atoms with Crippen LogP contribution in [0.5, 0.6) is 0 Å². The number of benzene rings is 2. The number of aryl methyl sites for hydroxylation is 4. The van der Waals surface area contributed by atoms with Gasteiger partial charge in [-0.1, -0.05) is 0 Å². The first-order chi connectivity index (χ1) is 9.99. The maximum Gasteiger partial charge on any atom is 0.163 e. The molecule has 0 N–H and O–H groups in total. The van der Waals surface area contributed by atoms with E-state index in [0.29, 0.717) is 0 Å². The molecule has 0 spiro atoms. The Labute approximate surface area is 128 Å². The molecule has 0 aliphatic carbocycles. The van der Waals surface area contributed by atoms with Gasteiger partial charge in [-0.25, -0.2) is 0 Å². The van der Waals surface area contributed by atoms with E-state index >= 15 is 0 Å². The van der Waals surface area contributed by atoms with Gasteiger partial charge in [0, 0.05) is 29.2 Å². The molecule has 2 aromatic carbocycles. The van der Waals surface area contributed by atoms with Crippen molar-refractivity contribution >= 4 is 0 Å². The third kappa shape index (κ3) is 3.64. The van der Waals surface area contributed by atoms with Crippen LogP contribution in [0.25, 0.3) is 0 Å². The van der Waals surface area contributed by atoms with Crippen molar-refractivity contribution in [3.8, 4) is 0 Å². The Morgan fingerprint density at radius 1 is 0.762 bits per heavy atom. The fourth-order valence-corrected chi connectivity index (χ4v) is 2.47. The molecule has 104 valence electrons. The Morgan fingerprint density at radius 2 is 1.19 bits per heavy atom. The smallest absolute Gasteiger partial charge is 0.0419 e. The van der Waals surface area contributed by atoms with Gasteiger partial charge >= 0.3 is 0 Å². The predicted molar refractivity (Wildman–Crippen MR) is 90.3 cm³/mol. The molecule has 0 unspecified atom stereocenters. The van der Waals surface area contributed by atoms with Gasteiger partial charge in [0.2, 0.25) is 0 Å². The Morgan fingerprint density at radius 3 is 1.67 bits per heavy atom. The van der Waals surface area contributed by atoms with Crippen LogP contribution >= 0.6 is 0 Å². The van der Waals surface area contributed by atoms with Crippen LogP contribution in [-0.4, -0.2) is 0 Å². The van der Waals surface area contributed by atoms with Gasteiger partial charge in [-0.3, -0.25) is 0 Å². The summed E-state index contributed by atoms with van der Waals surface area (Å²) in [5.41, 5.74) is 8.49. The van der Waals surface area contributed by atoms with E-state index in [1.807, 2.05) is 6.08 Å². The van der Waals surface area contributed by atoms with Gasteiger partial charge in [0.15, 0.2) is 22.8 Å². The molecule has 0 heterocycles. The zero-order valence-electron chi connectivity index (χ0n) is 13.5. The molecule has 0 saturated heterocycles. The number of allylic oxidation sites excluding steroid dienone is 2. The highest BCUT2D eigenvalue weighted by molar-refractivity contribution is 5.43. The van der Waals surface area contributed by atoms with Crippen molar-refractivity contribution in [3.05, 3.63) is 93.6 Å². The van der Waals surface area contributed by atoms with Crippen molar-refractivity contribution in [1.82, 2.24) is 0 Å². The van der Waals surface area contributed by atoms with Gasteiger partial charge in [0.05, 0.1) is 12.2 Å². The zero-order valence-corrected chi connectivity index (χ0v) is 13.5. The Hall–Kier alpha value is -2.26. The minimum Gasteiger partial charge on any atom is -0.0419 e. The summed E-state index contributed by atoms with van der Waals surface area (Å²) in [4.78, 5) is 0. The van der Waals surface area contributed by atoms with E-state index in [2.05, 4.69) is 83.2 Å². The maximum absolute atomic E-state index is 3.49. The molecule has 2 rings (SSSR count). The Bertz CT molecular complexity index is 659. The van der Waals surface area contributed by atoms with Crippen molar-refractivity contribution in [2.24, 2.45) is 0 Å². The van der Waals surface area contributed by atoms with Crippen molar-refractivity contribution in [1.29, 1.82) is 0 Å². The lowest BCUT2D eigenvalue weighted by molar-refractivity contribution is 1.28. The number of hydrogen-bond donors (Lipinski definition) is 0. The largest absolute Gasteiger partial charge is 0.163 e. The summed E-state index contributed by atoms with van der Waals surface area (Å²) >= 11 is 0. The van der Waals surface area contributed by atoms with E-state index in [0.717, 1.165) is 5.57 Å². The summed E-state index contributed by atoms with van der Waals surface area (Å²) in [5, 5.41) is 0. The van der Waals surface area contributed by atoms with Gasteiger partial charge in [-0.15, -0.1) is 0 Å². The molecule has 0 aliphatic rings. The van der Waals surface area contributed by atoms with E-state index < -0.39 is 0 Å². The quantitative estimate of drug-likeness (QED) is 0.517. The summed E-state index contributed by atoms with van der Waals surface area (Å²) in [6, 6.07) is 12.7. The molecule has 21 heavy (non-hydrogen) atoms. The maximum atomic E-state index is 3.49. The van der Waals surface area contributed by atoms with E-state index in [1.54, 1.807) is 0 Å². The fourth-order valence-electron chi connectivity index (χ4n) is 2.47. The molecule has 0 atom stereocenters. The van der Waals surface area contributed by atoms with Crippen LogP contribution in [0, 0.1) is 39.8 Å². The fraction of sp³-hybridized carbons (Fsp3) is 0.238. The normalized spacial score (nSPS) is 11.4. The summed E-state index contributed by atoms with van der Waals surface area (Å²) < 4.78 is 0. The van der Waals surface area contributed by atoms with Gasteiger partial charge < -0.3 is 0 Å². The van der Waals surface area contributed by atoms with Gasteiger partial charge in [-0.2, -0.15) is 0 Å². The third-order valence-corrected chi connectivity index (χ3v) is 3.72. The van der Waals surface area contributed by atoms with Crippen molar-refractivity contribution in [2.45, 2.75) is 34.6 Å². The SMILES string of the molecule is CC(=[C+]c1c(C)cccc1C)C=[C+]c1c(C)cccc1C. The molecule has 0 radical (unpaired) electrons. The first-order valence-corrected chi connectivity index (χ1v) is 7.32. The van der Waals surface area contributed by atoms with E-state index in [-0.39, 0.29) is 0 Å². The van der Waals surface area contributed by atoms with Crippen LogP contribution in [0.2, 0.25) is 0 Å².